The van der Waals surface area contributed by atoms with Crippen molar-refractivity contribution < 1.29 is 19.4 Å². The molecule has 0 bridgehead atoms. The van der Waals surface area contributed by atoms with Gasteiger partial charge in [-0.15, -0.1) is 6.58 Å². The second kappa shape index (κ2) is 6.94. The standard InChI is InChI=1S/C20H18ClNO4/c1-3-10-22-17-9-6-14(21)11-16(17)20(25,19(22)24)12-18(23)13-4-7-15(26-2)8-5-13/h3-9,11,25H,1,10,12H2,2H3/t20-/m0/s1. The number of anilines is 1. The maximum Gasteiger partial charge on any atom is 0.264 e. The van der Waals surface area contributed by atoms with Crippen LogP contribution >= 0.6 is 11.6 Å². The van der Waals surface area contributed by atoms with E-state index in [1.807, 2.05) is 0 Å². The maximum atomic E-state index is 12.9. The lowest BCUT2D eigenvalue weighted by Gasteiger charge is -2.22. The van der Waals surface area contributed by atoms with E-state index in [0.29, 0.717) is 27.6 Å². The van der Waals surface area contributed by atoms with Crippen molar-refractivity contribution in [2.45, 2.75) is 12.0 Å². The van der Waals surface area contributed by atoms with Gasteiger partial charge in [0.25, 0.3) is 5.91 Å². The summed E-state index contributed by atoms with van der Waals surface area (Å²) in [4.78, 5) is 27.0. The molecule has 0 unspecified atom stereocenters. The number of Topliss-reactive ketones (excluding diaryl/α,β-unsaturated/α-hetero) is 1. The first-order valence-corrected chi connectivity index (χ1v) is 8.41. The average molecular weight is 372 g/mol. The Morgan fingerprint density at radius 1 is 1.31 bits per heavy atom. The largest absolute Gasteiger partial charge is 0.497 e. The molecule has 1 aliphatic rings. The summed E-state index contributed by atoms with van der Waals surface area (Å²) in [5, 5.41) is 11.5. The molecule has 6 heteroatoms. The highest BCUT2D eigenvalue weighted by Gasteiger charge is 2.50. The van der Waals surface area contributed by atoms with Crippen molar-refractivity contribution in [3.63, 3.8) is 0 Å². The summed E-state index contributed by atoms with van der Waals surface area (Å²) < 4.78 is 5.07. The van der Waals surface area contributed by atoms with Gasteiger partial charge in [0.2, 0.25) is 0 Å². The van der Waals surface area contributed by atoms with Gasteiger partial charge in [0.15, 0.2) is 11.4 Å². The predicted molar refractivity (Wildman–Crippen MR) is 99.8 cm³/mol. The molecule has 0 fully saturated rings. The van der Waals surface area contributed by atoms with Crippen molar-refractivity contribution in [3.05, 3.63) is 71.3 Å². The highest BCUT2D eigenvalue weighted by atomic mass is 35.5. The van der Waals surface area contributed by atoms with Gasteiger partial charge in [0.05, 0.1) is 19.2 Å². The van der Waals surface area contributed by atoms with Gasteiger partial charge in [-0.3, -0.25) is 9.59 Å². The Morgan fingerprint density at radius 2 is 2.00 bits per heavy atom. The summed E-state index contributed by atoms with van der Waals surface area (Å²) in [6.07, 6.45) is 1.19. The van der Waals surface area contributed by atoms with Crippen LogP contribution in [-0.4, -0.2) is 30.5 Å². The van der Waals surface area contributed by atoms with Crippen molar-refractivity contribution in [1.82, 2.24) is 0 Å². The lowest BCUT2D eigenvalue weighted by Crippen LogP contribution is -2.41. The highest BCUT2D eigenvalue weighted by Crippen LogP contribution is 2.44. The molecule has 3 rings (SSSR count). The number of hydrogen-bond acceptors (Lipinski definition) is 4. The molecule has 0 saturated carbocycles. The molecule has 5 nitrogen and oxygen atoms in total. The number of ketones is 1. The van der Waals surface area contributed by atoms with E-state index in [0.717, 1.165) is 0 Å². The van der Waals surface area contributed by atoms with Gasteiger partial charge in [-0.25, -0.2) is 0 Å². The number of methoxy groups -OCH3 is 1. The van der Waals surface area contributed by atoms with Crippen LogP contribution in [0.5, 0.6) is 5.75 Å². The molecule has 2 aromatic carbocycles. The third kappa shape index (κ3) is 3.00. The number of fused-ring (bicyclic) bond motifs is 1. The molecule has 0 spiro atoms. The SMILES string of the molecule is C=CCN1C(=O)[C@](O)(CC(=O)c2ccc(OC)cc2)c2cc(Cl)ccc21. The van der Waals surface area contributed by atoms with Gasteiger partial charge < -0.3 is 14.7 Å². The van der Waals surface area contributed by atoms with E-state index in [1.54, 1.807) is 42.5 Å². The first kappa shape index (κ1) is 18.2. The number of carbonyl (C=O) groups is 2. The number of benzene rings is 2. The van der Waals surface area contributed by atoms with Gasteiger partial charge in [-0.05, 0) is 42.5 Å². The Labute approximate surface area is 156 Å². The Kier molecular flexibility index (Phi) is 4.85. The molecule has 1 aliphatic heterocycles. The number of hydrogen-bond donors (Lipinski definition) is 1. The van der Waals surface area contributed by atoms with Crippen LogP contribution in [-0.2, 0) is 10.4 Å². The fourth-order valence-electron chi connectivity index (χ4n) is 3.12. The summed E-state index contributed by atoms with van der Waals surface area (Å²) in [6, 6.07) is 11.3. The van der Waals surface area contributed by atoms with Crippen LogP contribution in [0.15, 0.2) is 55.1 Å². The van der Waals surface area contributed by atoms with Gasteiger partial charge in [-0.1, -0.05) is 17.7 Å². The minimum atomic E-state index is -1.96. The number of rotatable bonds is 6. The zero-order chi connectivity index (χ0) is 18.9. The van der Waals surface area contributed by atoms with Crippen molar-refractivity contribution in [1.29, 1.82) is 0 Å². The van der Waals surface area contributed by atoms with Crippen LogP contribution in [0.3, 0.4) is 0 Å². The lowest BCUT2D eigenvalue weighted by molar-refractivity contribution is -0.135. The second-order valence-electron chi connectivity index (χ2n) is 6.05. The predicted octanol–water partition coefficient (Wildman–Crippen LogP) is 3.34. The Bertz CT molecular complexity index is 878. The summed E-state index contributed by atoms with van der Waals surface area (Å²) in [5.41, 5.74) is -0.707. The zero-order valence-corrected chi connectivity index (χ0v) is 15.0. The third-order valence-corrected chi connectivity index (χ3v) is 4.67. The number of carbonyl (C=O) groups excluding carboxylic acids is 2. The first-order chi connectivity index (χ1) is 12.4. The van der Waals surface area contributed by atoms with E-state index >= 15 is 0 Å². The van der Waals surface area contributed by atoms with E-state index in [1.165, 1.54) is 18.1 Å². The fraction of sp³-hybridized carbons (Fsp3) is 0.200. The Morgan fingerprint density at radius 3 is 2.62 bits per heavy atom. The number of ether oxygens (including phenoxy) is 1. The van der Waals surface area contributed by atoms with Gasteiger partial charge in [-0.2, -0.15) is 0 Å². The summed E-state index contributed by atoms with van der Waals surface area (Å²) in [6.45, 7) is 3.87. The first-order valence-electron chi connectivity index (χ1n) is 8.03. The summed E-state index contributed by atoms with van der Waals surface area (Å²) >= 11 is 6.05. The molecular formula is C20H18ClNO4. The Balaban J connectivity index is 1.97. The van der Waals surface area contributed by atoms with Crippen LogP contribution < -0.4 is 9.64 Å². The van der Waals surface area contributed by atoms with E-state index < -0.39 is 11.5 Å². The van der Waals surface area contributed by atoms with E-state index in [-0.39, 0.29) is 18.7 Å². The monoisotopic (exact) mass is 371 g/mol. The van der Waals surface area contributed by atoms with E-state index in [2.05, 4.69) is 6.58 Å². The molecule has 0 saturated heterocycles. The van der Waals surface area contributed by atoms with Crippen LogP contribution in [0.25, 0.3) is 0 Å². The topological polar surface area (TPSA) is 66.8 Å². The van der Waals surface area contributed by atoms with E-state index in [4.69, 9.17) is 16.3 Å². The third-order valence-electron chi connectivity index (χ3n) is 4.43. The van der Waals surface area contributed by atoms with Crippen molar-refractivity contribution in [2.75, 3.05) is 18.6 Å². The zero-order valence-electron chi connectivity index (χ0n) is 14.2. The normalized spacial score (nSPS) is 18.6. The van der Waals surface area contributed by atoms with Gasteiger partial charge >= 0.3 is 0 Å². The fourth-order valence-corrected chi connectivity index (χ4v) is 3.29. The molecule has 26 heavy (non-hydrogen) atoms. The molecule has 134 valence electrons. The molecule has 1 N–H and O–H groups in total. The molecule has 1 amide bonds. The molecule has 0 aliphatic carbocycles. The number of halogens is 1. The smallest absolute Gasteiger partial charge is 0.264 e. The quantitative estimate of drug-likeness (QED) is 0.624. The van der Waals surface area contributed by atoms with Crippen LogP contribution in [0.4, 0.5) is 5.69 Å². The molecule has 0 radical (unpaired) electrons. The second-order valence-corrected chi connectivity index (χ2v) is 6.49. The van der Waals surface area contributed by atoms with Gasteiger partial charge in [0, 0.05) is 22.7 Å². The molecular weight excluding hydrogens is 354 g/mol. The summed E-state index contributed by atoms with van der Waals surface area (Å²) in [7, 11) is 1.53. The van der Waals surface area contributed by atoms with Crippen LogP contribution in [0, 0.1) is 0 Å². The van der Waals surface area contributed by atoms with Crippen molar-refractivity contribution in [2.24, 2.45) is 0 Å². The van der Waals surface area contributed by atoms with E-state index in [9.17, 15) is 14.7 Å². The summed E-state index contributed by atoms with van der Waals surface area (Å²) in [5.74, 6) is -0.294. The molecule has 2 aromatic rings. The van der Waals surface area contributed by atoms with Crippen LogP contribution in [0.2, 0.25) is 5.02 Å². The highest BCUT2D eigenvalue weighted by molar-refractivity contribution is 6.31. The number of nitrogens with zero attached hydrogens (tertiary/aromatic N) is 1. The Hall–Kier alpha value is -2.63. The molecule has 1 heterocycles. The van der Waals surface area contributed by atoms with Gasteiger partial charge in [0.1, 0.15) is 5.75 Å². The minimum absolute atomic E-state index is 0.229. The average Bonchev–Trinajstić information content (AvgIpc) is 2.84. The number of amides is 1. The lowest BCUT2D eigenvalue weighted by atomic mass is 9.88. The maximum absolute atomic E-state index is 12.9. The van der Waals surface area contributed by atoms with Crippen molar-refractivity contribution >= 4 is 29.0 Å². The minimum Gasteiger partial charge on any atom is -0.497 e. The molecule has 1 atom stereocenters. The van der Waals surface area contributed by atoms with Crippen molar-refractivity contribution in [3.8, 4) is 5.75 Å². The number of aliphatic hydroxyl groups is 1. The molecule has 0 aromatic heterocycles. The van der Waals surface area contributed by atoms with Crippen LogP contribution in [0.1, 0.15) is 22.3 Å².